The molecule has 4 fully saturated rings. The van der Waals surface area contributed by atoms with Crippen LogP contribution in [0.3, 0.4) is 0 Å². The van der Waals surface area contributed by atoms with E-state index < -0.39 is 21.9 Å². The number of allylic oxidation sites excluding steroid dienone is 2. The Labute approximate surface area is 398 Å². The summed E-state index contributed by atoms with van der Waals surface area (Å²) in [5.74, 6) is -0.0849. The van der Waals surface area contributed by atoms with Crippen molar-refractivity contribution in [3.63, 3.8) is 0 Å². The predicted octanol–water partition coefficient (Wildman–Crippen LogP) is 10.8. The zero-order valence-electron chi connectivity index (χ0n) is 38.7. The molecule has 2 amide bonds. The van der Waals surface area contributed by atoms with Gasteiger partial charge in [0.15, 0.2) is 11.6 Å². The number of amides is 2. The molecule has 6 atom stereocenters. The highest BCUT2D eigenvalue weighted by atomic mass is 16.2. The Balaban J connectivity index is 0.000000149. The Morgan fingerprint density at radius 3 is 1.18 bits per heavy atom. The minimum atomic E-state index is -1.03. The Hall–Kier alpha value is -7.00. The van der Waals surface area contributed by atoms with Crippen molar-refractivity contribution in [2.75, 3.05) is 37.8 Å². The number of benzene rings is 6. The number of nitrogens with one attached hydrogen (secondary N) is 2. The maximum absolute atomic E-state index is 14.7. The number of nitrogens with zero attached hydrogens (tertiary/aromatic N) is 2. The number of fused-ring (bicyclic) bond motifs is 6. The van der Waals surface area contributed by atoms with Crippen LogP contribution in [0.25, 0.3) is 12.2 Å². The van der Waals surface area contributed by atoms with E-state index in [0.29, 0.717) is 25.9 Å². The summed E-state index contributed by atoms with van der Waals surface area (Å²) in [5.41, 5.74) is 5.62. The van der Waals surface area contributed by atoms with E-state index in [2.05, 4.69) is 44.7 Å². The van der Waals surface area contributed by atoms with Gasteiger partial charge in [0.2, 0.25) is 0 Å². The normalized spacial score (nSPS) is 29.7. The molecule has 340 valence electrons. The lowest BCUT2D eigenvalue weighted by atomic mass is 9.53. The fraction of sp³-hybridized carbons (Fsp3) is 0.267. The third-order valence-corrected chi connectivity index (χ3v) is 16.4. The zero-order chi connectivity index (χ0) is 46.7. The summed E-state index contributed by atoms with van der Waals surface area (Å²) in [6, 6.07) is 56.5. The molecule has 2 saturated carbocycles. The van der Waals surface area contributed by atoms with E-state index in [1.165, 1.54) is 0 Å². The van der Waals surface area contributed by atoms with Crippen molar-refractivity contribution in [3.05, 3.63) is 214 Å². The maximum atomic E-state index is 14.7. The number of anilines is 2. The van der Waals surface area contributed by atoms with E-state index in [9.17, 15) is 19.2 Å². The first kappa shape index (κ1) is 43.6. The number of carbonyl (C=O) groups excluding carboxylic acids is 4. The van der Waals surface area contributed by atoms with E-state index in [0.717, 1.165) is 81.6 Å². The van der Waals surface area contributed by atoms with Crippen LogP contribution < -0.4 is 10.6 Å². The van der Waals surface area contributed by atoms with Crippen molar-refractivity contribution < 1.29 is 19.2 Å². The molecular formula is C60H56N4O4. The molecule has 0 unspecified atom stereocenters. The van der Waals surface area contributed by atoms with Crippen molar-refractivity contribution in [1.29, 1.82) is 0 Å². The summed E-state index contributed by atoms with van der Waals surface area (Å²) in [4.78, 5) is 61.7. The van der Waals surface area contributed by atoms with Crippen LogP contribution in [0, 0.1) is 10.8 Å². The van der Waals surface area contributed by atoms with Crippen LogP contribution >= 0.6 is 0 Å². The third kappa shape index (κ3) is 6.19. The highest BCUT2D eigenvalue weighted by Crippen LogP contribution is 2.68. The first-order chi connectivity index (χ1) is 33.2. The van der Waals surface area contributed by atoms with Gasteiger partial charge in [-0.05, 0) is 110 Å². The largest absolute Gasteiger partial charge is 0.324 e. The van der Waals surface area contributed by atoms with Gasteiger partial charge in [-0.1, -0.05) is 158 Å². The monoisotopic (exact) mass is 896 g/mol. The topological polar surface area (TPSA) is 98.8 Å². The average Bonchev–Trinajstić information content (AvgIpc) is 4.03. The summed E-state index contributed by atoms with van der Waals surface area (Å²) >= 11 is 0. The summed E-state index contributed by atoms with van der Waals surface area (Å²) in [5, 5.41) is 6.27. The van der Waals surface area contributed by atoms with Crippen LogP contribution in [0.4, 0.5) is 11.4 Å². The smallest absolute Gasteiger partial charge is 0.250 e. The SMILES string of the molecule is CN1C[C@@H](c2ccccc2)[C@@]2(CCC/C(=C\c3ccccc3)C2=O)[C@@]12C(=O)Nc1ccccc12.CN1C[C@H](c2ccccc2)[C@]2(CCC/C(=C\c3ccccc3)C2=O)[C@]12C(=O)Nc1ccccc12. The second kappa shape index (κ2) is 17.0. The molecule has 6 aliphatic rings. The predicted molar refractivity (Wildman–Crippen MR) is 269 cm³/mol. The quantitative estimate of drug-likeness (QED) is 0.171. The molecule has 8 heteroatoms. The van der Waals surface area contributed by atoms with Crippen LogP contribution in [0.2, 0.25) is 0 Å². The van der Waals surface area contributed by atoms with Gasteiger partial charge in [-0.15, -0.1) is 0 Å². The molecule has 6 aromatic rings. The molecule has 68 heavy (non-hydrogen) atoms. The number of likely N-dealkylation sites (tertiary alicyclic amines) is 2. The van der Waals surface area contributed by atoms with Gasteiger partial charge in [0, 0.05) is 47.4 Å². The van der Waals surface area contributed by atoms with Gasteiger partial charge in [-0.25, -0.2) is 0 Å². The number of hydrogen-bond donors (Lipinski definition) is 2. The summed E-state index contributed by atoms with van der Waals surface area (Å²) < 4.78 is 0. The number of carbonyl (C=O) groups is 4. The lowest BCUT2D eigenvalue weighted by molar-refractivity contribution is -0.144. The van der Waals surface area contributed by atoms with Gasteiger partial charge in [-0.3, -0.25) is 29.0 Å². The minimum absolute atomic E-state index is 0.0797. The standard InChI is InChI=1S/2C30H28N2O2/c2*1-32-20-25(22-13-6-3-7-14-22)29(30(32)24-16-8-9-17-26(24)31-28(30)34)18-10-15-23(27(29)33)19-21-11-4-2-5-12-21/h2*2-9,11-14,16-17,19,25H,10,15,18,20H2,1H3,(H,31,34)/b2*23-19+/t2*25-,29+,30+/m10/s1. The van der Waals surface area contributed by atoms with E-state index in [4.69, 9.17) is 0 Å². The van der Waals surface area contributed by atoms with E-state index in [1.54, 1.807) is 0 Å². The fourth-order valence-electron chi connectivity index (χ4n) is 13.9. The Morgan fingerprint density at radius 2 is 0.794 bits per heavy atom. The highest BCUT2D eigenvalue weighted by molar-refractivity contribution is 6.16. The van der Waals surface area contributed by atoms with Gasteiger partial charge in [-0.2, -0.15) is 0 Å². The molecule has 4 heterocycles. The van der Waals surface area contributed by atoms with Crippen LogP contribution in [-0.2, 0) is 30.3 Å². The summed E-state index contributed by atoms with van der Waals surface area (Å²) in [6.45, 7) is 1.30. The second-order valence-electron chi connectivity index (χ2n) is 19.6. The Bertz CT molecular complexity index is 2800. The van der Waals surface area contributed by atoms with Gasteiger partial charge in [0.25, 0.3) is 11.8 Å². The third-order valence-electron chi connectivity index (χ3n) is 16.4. The lowest BCUT2D eigenvalue weighted by Crippen LogP contribution is -2.60. The molecule has 4 aliphatic heterocycles. The number of para-hydroxylation sites is 2. The summed E-state index contributed by atoms with van der Waals surface area (Å²) in [7, 11) is 4.02. The van der Waals surface area contributed by atoms with Crippen molar-refractivity contribution in [2.45, 2.75) is 61.4 Å². The Kier molecular flexibility index (Phi) is 10.9. The molecule has 0 bridgehead atoms. The molecule has 4 spiro atoms. The molecule has 0 aromatic heterocycles. The van der Waals surface area contributed by atoms with Crippen LogP contribution in [0.15, 0.2) is 181 Å². The number of likely N-dealkylation sites (N-methyl/N-ethyl adjacent to an activating group) is 2. The molecule has 8 nitrogen and oxygen atoms in total. The molecule has 0 radical (unpaired) electrons. The first-order valence-corrected chi connectivity index (χ1v) is 24.1. The lowest BCUT2D eigenvalue weighted by Gasteiger charge is -2.48. The van der Waals surface area contributed by atoms with Gasteiger partial charge in [0.05, 0.1) is 10.8 Å². The number of Topliss-reactive ketones (excluding diaryl/α,β-unsaturated/α-hetero) is 2. The van der Waals surface area contributed by atoms with E-state index in [-0.39, 0.29) is 35.2 Å². The molecule has 2 saturated heterocycles. The number of ketones is 2. The fourth-order valence-corrected chi connectivity index (χ4v) is 13.9. The van der Waals surface area contributed by atoms with E-state index in [1.807, 2.05) is 172 Å². The Morgan fingerprint density at radius 1 is 0.456 bits per heavy atom. The van der Waals surface area contributed by atoms with Gasteiger partial charge >= 0.3 is 0 Å². The molecule has 12 rings (SSSR count). The number of hydrogen-bond acceptors (Lipinski definition) is 6. The number of rotatable bonds is 4. The van der Waals surface area contributed by atoms with Crippen LogP contribution in [-0.4, -0.2) is 60.4 Å². The van der Waals surface area contributed by atoms with Crippen molar-refractivity contribution in [3.8, 4) is 0 Å². The first-order valence-electron chi connectivity index (χ1n) is 24.1. The van der Waals surface area contributed by atoms with Gasteiger partial charge < -0.3 is 10.6 Å². The maximum Gasteiger partial charge on any atom is 0.250 e. The van der Waals surface area contributed by atoms with Crippen LogP contribution in [0.1, 0.15) is 83.7 Å². The van der Waals surface area contributed by atoms with Gasteiger partial charge in [0.1, 0.15) is 11.1 Å². The van der Waals surface area contributed by atoms with Crippen molar-refractivity contribution >= 4 is 46.9 Å². The van der Waals surface area contributed by atoms with Crippen molar-refractivity contribution in [1.82, 2.24) is 9.80 Å². The minimum Gasteiger partial charge on any atom is -0.324 e. The highest BCUT2D eigenvalue weighted by Gasteiger charge is 2.75. The molecular weight excluding hydrogens is 841 g/mol. The zero-order valence-corrected chi connectivity index (χ0v) is 38.7. The molecule has 2 aliphatic carbocycles. The molecule has 2 N–H and O–H groups in total. The van der Waals surface area contributed by atoms with Crippen LogP contribution in [0.5, 0.6) is 0 Å². The summed E-state index contributed by atoms with van der Waals surface area (Å²) in [6.07, 6.45) is 8.66. The van der Waals surface area contributed by atoms with E-state index >= 15 is 0 Å². The second-order valence-corrected chi connectivity index (χ2v) is 19.6. The average molecular weight is 897 g/mol. The van der Waals surface area contributed by atoms with Crippen molar-refractivity contribution in [2.24, 2.45) is 10.8 Å². The molecule has 6 aromatic carbocycles.